The van der Waals surface area contributed by atoms with Gasteiger partial charge >= 0.3 is 5.97 Å². The minimum atomic E-state index is -0.797. The van der Waals surface area contributed by atoms with Crippen LogP contribution in [0.2, 0.25) is 0 Å². The maximum atomic E-state index is 12.1. The van der Waals surface area contributed by atoms with E-state index in [1.807, 2.05) is 30.0 Å². The highest BCUT2D eigenvalue weighted by Crippen LogP contribution is 2.29. The molecule has 1 aliphatic heterocycles. The molecule has 1 amide bonds. The molecular weight excluding hydrogens is 336 g/mol. The van der Waals surface area contributed by atoms with Gasteiger partial charge in [-0.05, 0) is 50.6 Å². The highest BCUT2D eigenvalue weighted by Gasteiger charge is 2.40. The van der Waals surface area contributed by atoms with Crippen molar-refractivity contribution in [3.05, 3.63) is 28.2 Å². The van der Waals surface area contributed by atoms with E-state index in [-0.39, 0.29) is 12.5 Å². The molecular formula is C15H19BrN2O3. The van der Waals surface area contributed by atoms with Crippen LogP contribution in [-0.2, 0) is 9.59 Å². The zero-order valence-corrected chi connectivity index (χ0v) is 13.7. The number of aryl methyl sites for hydroxylation is 1. The maximum Gasteiger partial charge on any atom is 0.310 e. The molecule has 5 nitrogen and oxygen atoms in total. The average Bonchev–Trinajstić information content (AvgIpc) is 2.76. The number of anilines is 1. The summed E-state index contributed by atoms with van der Waals surface area (Å²) in [5, 5.41) is 12.1. The number of aliphatic carboxylic acids is 1. The summed E-state index contributed by atoms with van der Waals surface area (Å²) in [6.45, 7) is 4.92. The van der Waals surface area contributed by atoms with Gasteiger partial charge in [-0.25, -0.2) is 0 Å². The van der Waals surface area contributed by atoms with E-state index in [1.165, 1.54) is 0 Å². The number of hydrogen-bond acceptors (Lipinski definition) is 3. The SMILES string of the molecule is Cc1cc(Br)ccc1NC(=O)CN1CCC(C)(C(=O)O)C1. The van der Waals surface area contributed by atoms with Crippen LogP contribution in [0.3, 0.4) is 0 Å². The van der Waals surface area contributed by atoms with Crippen molar-refractivity contribution in [2.75, 3.05) is 25.0 Å². The summed E-state index contributed by atoms with van der Waals surface area (Å²) in [7, 11) is 0. The Kier molecular flexibility index (Phi) is 4.68. The predicted octanol–water partition coefficient (Wildman–Crippen LogP) is 2.49. The number of carbonyl (C=O) groups excluding carboxylic acids is 1. The van der Waals surface area contributed by atoms with E-state index in [1.54, 1.807) is 6.92 Å². The molecule has 1 saturated heterocycles. The molecule has 0 bridgehead atoms. The van der Waals surface area contributed by atoms with E-state index < -0.39 is 11.4 Å². The second kappa shape index (κ2) is 6.15. The van der Waals surface area contributed by atoms with E-state index in [9.17, 15) is 14.7 Å². The van der Waals surface area contributed by atoms with Gasteiger partial charge in [-0.15, -0.1) is 0 Å². The first-order valence-electron chi connectivity index (χ1n) is 6.82. The minimum Gasteiger partial charge on any atom is -0.481 e. The number of carbonyl (C=O) groups is 2. The number of nitrogens with one attached hydrogen (secondary N) is 1. The summed E-state index contributed by atoms with van der Waals surface area (Å²) < 4.78 is 0.967. The van der Waals surface area contributed by atoms with E-state index in [0.29, 0.717) is 19.5 Å². The Bertz CT molecular complexity index is 576. The fraction of sp³-hybridized carbons (Fsp3) is 0.467. The average molecular weight is 355 g/mol. The van der Waals surface area contributed by atoms with Gasteiger partial charge in [0.1, 0.15) is 0 Å². The van der Waals surface area contributed by atoms with E-state index in [4.69, 9.17) is 0 Å². The predicted molar refractivity (Wildman–Crippen MR) is 84.3 cm³/mol. The third-order valence-corrected chi connectivity index (χ3v) is 4.39. The molecule has 114 valence electrons. The van der Waals surface area contributed by atoms with Gasteiger partial charge in [-0.3, -0.25) is 14.5 Å². The fourth-order valence-electron chi connectivity index (χ4n) is 2.53. The standard InChI is InChI=1S/C15H19BrN2O3/c1-10-7-11(16)3-4-12(10)17-13(19)8-18-6-5-15(2,9-18)14(20)21/h3-4,7H,5-6,8-9H2,1-2H3,(H,17,19)(H,20,21). The molecule has 2 rings (SSSR count). The maximum absolute atomic E-state index is 12.1. The molecule has 1 atom stereocenters. The third kappa shape index (κ3) is 3.83. The topological polar surface area (TPSA) is 69.6 Å². The van der Waals surface area contributed by atoms with E-state index in [2.05, 4.69) is 21.2 Å². The zero-order valence-electron chi connectivity index (χ0n) is 12.1. The second-order valence-corrected chi connectivity index (χ2v) is 6.75. The molecule has 1 aromatic rings. The number of benzene rings is 1. The van der Waals surface area contributed by atoms with Crippen molar-refractivity contribution in [2.24, 2.45) is 5.41 Å². The lowest BCUT2D eigenvalue weighted by atomic mass is 9.90. The quantitative estimate of drug-likeness (QED) is 0.871. The molecule has 0 saturated carbocycles. The van der Waals surface area contributed by atoms with Crippen LogP contribution >= 0.6 is 15.9 Å². The van der Waals surface area contributed by atoms with Gasteiger partial charge < -0.3 is 10.4 Å². The lowest BCUT2D eigenvalue weighted by Crippen LogP contribution is -2.35. The van der Waals surface area contributed by atoms with Gasteiger partial charge in [-0.2, -0.15) is 0 Å². The van der Waals surface area contributed by atoms with Gasteiger partial charge in [0, 0.05) is 16.7 Å². The summed E-state index contributed by atoms with van der Waals surface area (Å²) in [5.74, 6) is -0.913. The van der Waals surface area contributed by atoms with Crippen LogP contribution in [-0.4, -0.2) is 41.5 Å². The Hall–Kier alpha value is -1.40. The Morgan fingerprint density at radius 2 is 2.19 bits per heavy atom. The number of nitrogens with zero attached hydrogens (tertiary/aromatic N) is 1. The van der Waals surface area contributed by atoms with E-state index >= 15 is 0 Å². The Morgan fingerprint density at radius 3 is 2.76 bits per heavy atom. The first-order valence-corrected chi connectivity index (χ1v) is 7.61. The van der Waals surface area contributed by atoms with Crippen molar-refractivity contribution >= 4 is 33.5 Å². The Labute approximate surface area is 132 Å². The van der Waals surface area contributed by atoms with Crippen molar-refractivity contribution in [1.82, 2.24) is 4.90 Å². The summed E-state index contributed by atoms with van der Waals surface area (Å²) in [6, 6.07) is 5.66. The van der Waals surface area contributed by atoms with Crippen LogP contribution in [0, 0.1) is 12.3 Å². The number of hydrogen-bond donors (Lipinski definition) is 2. The largest absolute Gasteiger partial charge is 0.481 e. The van der Waals surface area contributed by atoms with Crippen LogP contribution in [0.4, 0.5) is 5.69 Å². The van der Waals surface area contributed by atoms with Crippen LogP contribution in [0.1, 0.15) is 18.9 Å². The van der Waals surface area contributed by atoms with Gasteiger partial charge in [-0.1, -0.05) is 15.9 Å². The fourth-order valence-corrected chi connectivity index (χ4v) is 3.00. The molecule has 0 spiro atoms. The smallest absolute Gasteiger partial charge is 0.310 e. The number of halogens is 1. The van der Waals surface area contributed by atoms with Crippen molar-refractivity contribution in [1.29, 1.82) is 0 Å². The molecule has 0 radical (unpaired) electrons. The Morgan fingerprint density at radius 1 is 1.48 bits per heavy atom. The van der Waals surface area contributed by atoms with Gasteiger partial charge in [0.2, 0.25) is 5.91 Å². The Balaban J connectivity index is 1.93. The van der Waals surface area contributed by atoms with Crippen LogP contribution in [0.15, 0.2) is 22.7 Å². The summed E-state index contributed by atoms with van der Waals surface area (Å²) in [6.07, 6.45) is 0.576. The molecule has 1 aliphatic rings. The normalized spacial score (nSPS) is 22.2. The molecule has 2 N–H and O–H groups in total. The highest BCUT2D eigenvalue weighted by molar-refractivity contribution is 9.10. The van der Waals surface area contributed by atoms with Crippen molar-refractivity contribution in [2.45, 2.75) is 20.3 Å². The van der Waals surface area contributed by atoms with Crippen molar-refractivity contribution in [3.63, 3.8) is 0 Å². The second-order valence-electron chi connectivity index (χ2n) is 5.83. The number of likely N-dealkylation sites (tertiary alicyclic amines) is 1. The van der Waals surface area contributed by atoms with Crippen LogP contribution in [0.25, 0.3) is 0 Å². The monoisotopic (exact) mass is 354 g/mol. The molecule has 1 heterocycles. The van der Waals surface area contributed by atoms with Crippen LogP contribution < -0.4 is 5.32 Å². The summed E-state index contributed by atoms with van der Waals surface area (Å²) in [4.78, 5) is 25.2. The number of carboxylic acids is 1. The number of rotatable bonds is 4. The third-order valence-electron chi connectivity index (χ3n) is 3.90. The first-order chi connectivity index (χ1) is 9.80. The zero-order chi connectivity index (χ0) is 15.6. The molecule has 0 aromatic heterocycles. The van der Waals surface area contributed by atoms with Gasteiger partial charge in [0.15, 0.2) is 0 Å². The van der Waals surface area contributed by atoms with Crippen molar-refractivity contribution < 1.29 is 14.7 Å². The molecule has 1 unspecified atom stereocenters. The van der Waals surface area contributed by atoms with Gasteiger partial charge in [0.05, 0.1) is 12.0 Å². The van der Waals surface area contributed by atoms with Crippen molar-refractivity contribution in [3.8, 4) is 0 Å². The highest BCUT2D eigenvalue weighted by atomic mass is 79.9. The lowest BCUT2D eigenvalue weighted by molar-refractivity contribution is -0.147. The first kappa shape index (κ1) is 16.0. The summed E-state index contributed by atoms with van der Waals surface area (Å²) in [5.41, 5.74) is 1.02. The van der Waals surface area contributed by atoms with Gasteiger partial charge in [0.25, 0.3) is 0 Å². The van der Waals surface area contributed by atoms with E-state index in [0.717, 1.165) is 15.7 Å². The molecule has 21 heavy (non-hydrogen) atoms. The lowest BCUT2D eigenvalue weighted by Gasteiger charge is -2.19. The summed E-state index contributed by atoms with van der Waals surface area (Å²) >= 11 is 3.38. The number of amides is 1. The minimum absolute atomic E-state index is 0.116. The molecule has 1 aromatic carbocycles. The molecule has 6 heteroatoms. The number of carboxylic acid groups (broad SMARTS) is 1. The van der Waals surface area contributed by atoms with Crippen LogP contribution in [0.5, 0.6) is 0 Å². The molecule has 0 aliphatic carbocycles. The molecule has 1 fully saturated rings.